The normalized spacial score (nSPS) is 31.5. The number of esters is 1. The fourth-order valence-corrected chi connectivity index (χ4v) is 6.08. The molecule has 4 aliphatic carbocycles. The van der Waals surface area contributed by atoms with E-state index in [1.165, 1.54) is 19.3 Å². The minimum atomic E-state index is -0.825. The summed E-state index contributed by atoms with van der Waals surface area (Å²) in [5.41, 5.74) is 0.893. The van der Waals surface area contributed by atoms with Gasteiger partial charge in [-0.05, 0) is 75.3 Å². The van der Waals surface area contributed by atoms with Crippen LogP contribution >= 0.6 is 0 Å². The van der Waals surface area contributed by atoms with Crippen LogP contribution in [0, 0.1) is 17.8 Å². The predicted octanol–water partition coefficient (Wildman–Crippen LogP) is 3.87. The predicted molar refractivity (Wildman–Crippen MR) is 106 cm³/mol. The Morgan fingerprint density at radius 2 is 1.68 bits per heavy atom. The Labute approximate surface area is 164 Å². The fraction of sp³-hybridized carbons (Fsp3) is 0.522. The quantitative estimate of drug-likeness (QED) is 0.820. The molecule has 6 rings (SSSR count). The number of rotatable bonds is 4. The van der Waals surface area contributed by atoms with E-state index < -0.39 is 12.1 Å². The largest absolute Gasteiger partial charge is 0.448 e. The van der Waals surface area contributed by atoms with Gasteiger partial charge in [0.05, 0.1) is 5.52 Å². The van der Waals surface area contributed by atoms with Crippen LogP contribution < -0.4 is 5.32 Å². The number of ether oxygens (including phenoxy) is 1. The lowest BCUT2D eigenvalue weighted by Gasteiger charge is -2.57. The lowest BCUT2D eigenvalue weighted by Crippen LogP contribution is -2.61. The molecule has 1 N–H and O–H groups in total. The number of nitrogens with one attached hydrogen (secondary N) is 1. The molecule has 0 aliphatic heterocycles. The molecule has 2 aromatic rings. The minimum absolute atomic E-state index is 0.0757. The van der Waals surface area contributed by atoms with Crippen molar-refractivity contribution < 1.29 is 14.3 Å². The molecule has 1 heterocycles. The molecule has 0 radical (unpaired) electrons. The molecule has 5 nitrogen and oxygen atoms in total. The van der Waals surface area contributed by atoms with Gasteiger partial charge in [0.1, 0.15) is 5.69 Å². The second-order valence-corrected chi connectivity index (χ2v) is 9.12. The molecule has 0 spiro atoms. The third-order valence-electron chi connectivity index (χ3n) is 6.89. The van der Waals surface area contributed by atoms with E-state index in [1.807, 2.05) is 30.3 Å². The number of aromatic nitrogens is 1. The Morgan fingerprint density at radius 3 is 2.36 bits per heavy atom. The van der Waals surface area contributed by atoms with Crippen LogP contribution in [-0.4, -0.2) is 28.5 Å². The number of hydrogen-bond donors (Lipinski definition) is 1. The first kappa shape index (κ1) is 17.7. The van der Waals surface area contributed by atoms with E-state index in [9.17, 15) is 9.59 Å². The Bertz CT molecular complexity index is 903. The van der Waals surface area contributed by atoms with Gasteiger partial charge in [-0.3, -0.25) is 4.79 Å². The van der Waals surface area contributed by atoms with E-state index in [1.54, 1.807) is 13.0 Å². The number of nitrogens with zero attached hydrogens (tertiary/aromatic N) is 1. The Balaban J connectivity index is 1.25. The summed E-state index contributed by atoms with van der Waals surface area (Å²) >= 11 is 0. The van der Waals surface area contributed by atoms with Crippen LogP contribution in [0.5, 0.6) is 0 Å². The van der Waals surface area contributed by atoms with Gasteiger partial charge in [-0.2, -0.15) is 0 Å². The van der Waals surface area contributed by atoms with E-state index >= 15 is 0 Å². The summed E-state index contributed by atoms with van der Waals surface area (Å²) in [6.07, 6.45) is 6.40. The van der Waals surface area contributed by atoms with E-state index in [-0.39, 0.29) is 17.1 Å². The molecular weight excluding hydrogens is 352 g/mol. The number of para-hydroxylation sites is 1. The fourth-order valence-electron chi connectivity index (χ4n) is 6.08. The van der Waals surface area contributed by atoms with Gasteiger partial charge in [0.15, 0.2) is 6.10 Å². The molecule has 146 valence electrons. The Hall–Kier alpha value is -2.43. The van der Waals surface area contributed by atoms with E-state index in [0.717, 1.165) is 47.9 Å². The molecule has 4 saturated carbocycles. The molecule has 1 amide bonds. The van der Waals surface area contributed by atoms with Crippen LogP contribution in [0.25, 0.3) is 10.9 Å². The molecule has 28 heavy (non-hydrogen) atoms. The van der Waals surface area contributed by atoms with Crippen molar-refractivity contribution in [1.82, 2.24) is 10.3 Å². The number of carbonyl (C=O) groups excluding carboxylic acids is 2. The molecule has 1 atom stereocenters. The molecule has 4 bridgehead atoms. The summed E-state index contributed by atoms with van der Waals surface area (Å²) in [6, 6.07) is 11.1. The maximum atomic E-state index is 12.8. The summed E-state index contributed by atoms with van der Waals surface area (Å²) in [7, 11) is 0. The molecule has 0 saturated heterocycles. The first-order valence-corrected chi connectivity index (χ1v) is 10.4. The van der Waals surface area contributed by atoms with Crippen molar-refractivity contribution in [3.8, 4) is 0 Å². The highest BCUT2D eigenvalue weighted by molar-refractivity contribution is 5.93. The summed E-state index contributed by atoms with van der Waals surface area (Å²) < 4.78 is 5.45. The number of benzene rings is 1. The molecule has 4 fully saturated rings. The van der Waals surface area contributed by atoms with Crippen molar-refractivity contribution in [2.75, 3.05) is 0 Å². The third-order valence-corrected chi connectivity index (χ3v) is 6.89. The second kappa shape index (κ2) is 6.57. The molecule has 0 unspecified atom stereocenters. The van der Waals surface area contributed by atoms with Gasteiger partial charge in [0, 0.05) is 10.9 Å². The second-order valence-electron chi connectivity index (χ2n) is 9.12. The highest BCUT2D eigenvalue weighted by atomic mass is 16.5. The zero-order valence-electron chi connectivity index (χ0n) is 16.2. The van der Waals surface area contributed by atoms with Crippen LogP contribution in [0.3, 0.4) is 0 Å². The zero-order valence-corrected chi connectivity index (χ0v) is 16.2. The molecule has 5 heteroatoms. The number of pyridine rings is 1. The average molecular weight is 378 g/mol. The highest BCUT2D eigenvalue weighted by Gasteiger charge is 2.51. The standard InChI is InChI=1S/C23H26N2O3/c1-14(28-22(27)20-7-6-18-4-2-3-5-19(18)24-20)21(26)25-23-11-15-8-16(12-23)10-17(9-15)13-23/h2-7,14-17H,8-13H2,1H3,(H,25,26)/t14-,15?,16?,17?,23?/m1/s1. The van der Waals surface area contributed by atoms with E-state index in [4.69, 9.17) is 4.74 Å². The number of hydrogen-bond acceptors (Lipinski definition) is 4. The minimum Gasteiger partial charge on any atom is -0.448 e. The van der Waals surface area contributed by atoms with Crippen LogP contribution in [0.1, 0.15) is 55.9 Å². The summed E-state index contributed by atoms with van der Waals surface area (Å²) in [6.45, 7) is 1.65. The lowest BCUT2D eigenvalue weighted by molar-refractivity contribution is -0.134. The van der Waals surface area contributed by atoms with Crippen molar-refractivity contribution in [2.24, 2.45) is 17.8 Å². The molecule has 4 aliphatic rings. The summed E-state index contributed by atoms with van der Waals surface area (Å²) in [5.74, 6) is 1.53. The summed E-state index contributed by atoms with van der Waals surface area (Å²) in [5, 5.41) is 4.24. The van der Waals surface area contributed by atoms with Gasteiger partial charge >= 0.3 is 5.97 Å². The van der Waals surface area contributed by atoms with E-state index in [0.29, 0.717) is 0 Å². The Kier molecular flexibility index (Phi) is 4.14. The topological polar surface area (TPSA) is 68.3 Å². The average Bonchev–Trinajstić information content (AvgIpc) is 2.66. The number of fused-ring (bicyclic) bond motifs is 1. The SMILES string of the molecule is C[C@@H](OC(=O)c1ccc2ccccc2n1)C(=O)NC12CC3CC(CC(C3)C1)C2. The van der Waals surface area contributed by atoms with Crippen LogP contribution in [-0.2, 0) is 9.53 Å². The van der Waals surface area contributed by atoms with Crippen LogP contribution in [0.2, 0.25) is 0 Å². The van der Waals surface area contributed by atoms with Gasteiger partial charge in [-0.25, -0.2) is 9.78 Å². The van der Waals surface area contributed by atoms with Crippen molar-refractivity contribution in [1.29, 1.82) is 0 Å². The van der Waals surface area contributed by atoms with Crippen LogP contribution in [0.15, 0.2) is 36.4 Å². The Morgan fingerprint density at radius 1 is 1.04 bits per heavy atom. The van der Waals surface area contributed by atoms with Gasteiger partial charge in [0.25, 0.3) is 5.91 Å². The maximum Gasteiger partial charge on any atom is 0.357 e. The highest BCUT2D eigenvalue weighted by Crippen LogP contribution is 2.55. The monoisotopic (exact) mass is 378 g/mol. The van der Waals surface area contributed by atoms with Gasteiger partial charge < -0.3 is 10.1 Å². The maximum absolute atomic E-state index is 12.8. The zero-order chi connectivity index (χ0) is 19.3. The smallest absolute Gasteiger partial charge is 0.357 e. The van der Waals surface area contributed by atoms with Gasteiger partial charge in [-0.15, -0.1) is 0 Å². The lowest BCUT2D eigenvalue weighted by atomic mass is 9.53. The summed E-state index contributed by atoms with van der Waals surface area (Å²) in [4.78, 5) is 29.7. The van der Waals surface area contributed by atoms with Gasteiger partial charge in [0.2, 0.25) is 0 Å². The molecule has 1 aromatic carbocycles. The number of carbonyl (C=O) groups is 2. The first-order chi connectivity index (χ1) is 13.5. The first-order valence-electron chi connectivity index (χ1n) is 10.4. The third kappa shape index (κ3) is 3.17. The number of amides is 1. The van der Waals surface area contributed by atoms with Crippen molar-refractivity contribution in [2.45, 2.75) is 57.1 Å². The molecular formula is C23H26N2O3. The van der Waals surface area contributed by atoms with Crippen molar-refractivity contribution in [3.63, 3.8) is 0 Å². The van der Waals surface area contributed by atoms with Gasteiger partial charge in [-0.1, -0.05) is 24.3 Å². The molecule has 1 aromatic heterocycles. The van der Waals surface area contributed by atoms with Crippen molar-refractivity contribution >= 4 is 22.8 Å². The van der Waals surface area contributed by atoms with Crippen molar-refractivity contribution in [3.05, 3.63) is 42.1 Å². The van der Waals surface area contributed by atoms with E-state index in [2.05, 4.69) is 10.3 Å². The van der Waals surface area contributed by atoms with Crippen LogP contribution in [0.4, 0.5) is 0 Å².